The minimum absolute atomic E-state index is 0.131. The van der Waals surface area contributed by atoms with E-state index in [0.29, 0.717) is 26.2 Å². The minimum Gasteiger partial charge on any atom is -0.390 e. The molecule has 2 amide bonds. The normalized spacial score (nSPS) is 45.6. The molecule has 24 heavy (non-hydrogen) atoms. The van der Waals surface area contributed by atoms with Crippen LogP contribution in [0.3, 0.4) is 0 Å². The maximum Gasteiger partial charge on any atom is 0.233 e. The number of rotatable bonds is 1. The third-order valence-electron chi connectivity index (χ3n) is 6.15. The van der Waals surface area contributed by atoms with Gasteiger partial charge in [0.15, 0.2) is 0 Å². The molecule has 0 aromatic heterocycles. The molecule has 1 spiro atoms. The summed E-state index contributed by atoms with van der Waals surface area (Å²) in [5.41, 5.74) is 0.800. The molecule has 4 fully saturated rings. The topological polar surface area (TPSA) is 88.6 Å². The van der Waals surface area contributed by atoms with Crippen molar-refractivity contribution in [2.45, 2.75) is 43.9 Å². The SMILES string of the molecule is CCN1C(=O)[C@@H]2[C@H]3C(=CC[C@@H]2C1=O)C1(OCCCO1)[C@H]1O[C@H]1[C@H]3O. The van der Waals surface area contributed by atoms with Gasteiger partial charge < -0.3 is 19.3 Å². The molecule has 1 saturated carbocycles. The van der Waals surface area contributed by atoms with Gasteiger partial charge in [-0.25, -0.2) is 0 Å². The summed E-state index contributed by atoms with van der Waals surface area (Å²) in [5, 5.41) is 10.8. The Labute approximate surface area is 139 Å². The second kappa shape index (κ2) is 4.88. The molecule has 0 radical (unpaired) electrons. The van der Waals surface area contributed by atoms with Gasteiger partial charge in [-0.1, -0.05) is 6.08 Å². The van der Waals surface area contributed by atoms with Crippen LogP contribution in [0.4, 0.5) is 0 Å². The molecule has 5 rings (SSSR count). The number of carbonyl (C=O) groups excluding carboxylic acids is 2. The van der Waals surface area contributed by atoms with Crippen molar-refractivity contribution in [1.29, 1.82) is 0 Å². The van der Waals surface area contributed by atoms with Gasteiger partial charge in [0, 0.05) is 12.5 Å². The summed E-state index contributed by atoms with van der Waals surface area (Å²) >= 11 is 0. The number of fused-ring (bicyclic) bond motifs is 6. The fourth-order valence-corrected chi connectivity index (χ4v) is 5.07. The van der Waals surface area contributed by atoms with Gasteiger partial charge in [-0.15, -0.1) is 0 Å². The second-order valence-electron chi connectivity index (χ2n) is 7.20. The number of hydrogen-bond donors (Lipinski definition) is 1. The summed E-state index contributed by atoms with van der Waals surface area (Å²) in [5.74, 6) is -2.71. The number of epoxide rings is 1. The van der Waals surface area contributed by atoms with Crippen molar-refractivity contribution in [2.75, 3.05) is 19.8 Å². The Hall–Kier alpha value is -1.28. The van der Waals surface area contributed by atoms with Crippen molar-refractivity contribution < 1.29 is 28.9 Å². The van der Waals surface area contributed by atoms with Crippen LogP contribution in [0.25, 0.3) is 0 Å². The first-order valence-corrected chi connectivity index (χ1v) is 8.77. The Kier molecular flexibility index (Phi) is 3.05. The molecule has 5 aliphatic rings. The van der Waals surface area contributed by atoms with Crippen LogP contribution in [-0.4, -0.2) is 65.7 Å². The molecule has 3 aliphatic heterocycles. The van der Waals surface area contributed by atoms with Crippen LogP contribution in [0.15, 0.2) is 11.6 Å². The zero-order valence-electron chi connectivity index (χ0n) is 13.5. The number of likely N-dealkylation sites (tertiary alicyclic amines) is 1. The molecule has 0 aromatic rings. The number of aliphatic hydroxyl groups is 1. The van der Waals surface area contributed by atoms with E-state index in [9.17, 15) is 14.7 Å². The van der Waals surface area contributed by atoms with Crippen LogP contribution in [-0.2, 0) is 23.8 Å². The van der Waals surface area contributed by atoms with Crippen LogP contribution in [0.1, 0.15) is 19.8 Å². The van der Waals surface area contributed by atoms with E-state index in [0.717, 1.165) is 12.0 Å². The lowest BCUT2D eigenvalue weighted by Gasteiger charge is -2.47. The van der Waals surface area contributed by atoms with Gasteiger partial charge in [-0.2, -0.15) is 0 Å². The summed E-state index contributed by atoms with van der Waals surface area (Å²) in [7, 11) is 0. The van der Waals surface area contributed by atoms with Crippen molar-refractivity contribution >= 4 is 11.8 Å². The van der Waals surface area contributed by atoms with Crippen molar-refractivity contribution in [3.63, 3.8) is 0 Å². The lowest BCUT2D eigenvalue weighted by molar-refractivity contribution is -0.263. The Morgan fingerprint density at radius 3 is 2.71 bits per heavy atom. The van der Waals surface area contributed by atoms with Crippen molar-refractivity contribution in [1.82, 2.24) is 4.90 Å². The summed E-state index contributed by atoms with van der Waals surface area (Å²) in [6, 6.07) is 0. The van der Waals surface area contributed by atoms with Crippen LogP contribution in [0.5, 0.6) is 0 Å². The molecule has 3 heterocycles. The average molecular weight is 335 g/mol. The quantitative estimate of drug-likeness (QED) is 0.407. The van der Waals surface area contributed by atoms with E-state index in [1.165, 1.54) is 4.90 Å². The number of imide groups is 1. The van der Waals surface area contributed by atoms with E-state index in [4.69, 9.17) is 14.2 Å². The van der Waals surface area contributed by atoms with E-state index in [-0.39, 0.29) is 24.0 Å². The van der Waals surface area contributed by atoms with E-state index < -0.39 is 29.6 Å². The number of nitrogens with zero attached hydrogens (tertiary/aromatic N) is 1. The number of aliphatic hydroxyl groups excluding tert-OH is 1. The van der Waals surface area contributed by atoms with Gasteiger partial charge in [0.1, 0.15) is 12.2 Å². The van der Waals surface area contributed by atoms with Gasteiger partial charge in [-0.05, 0) is 25.3 Å². The molecule has 6 atom stereocenters. The number of amides is 2. The number of hydrogen-bond acceptors (Lipinski definition) is 6. The first kappa shape index (κ1) is 15.0. The molecular weight excluding hydrogens is 314 g/mol. The van der Waals surface area contributed by atoms with Gasteiger partial charge in [0.2, 0.25) is 17.6 Å². The van der Waals surface area contributed by atoms with Crippen molar-refractivity contribution in [3.8, 4) is 0 Å². The monoisotopic (exact) mass is 335 g/mol. The van der Waals surface area contributed by atoms with E-state index in [1.54, 1.807) is 6.92 Å². The molecule has 3 saturated heterocycles. The highest BCUT2D eigenvalue weighted by molar-refractivity contribution is 6.05. The Morgan fingerprint density at radius 2 is 2.00 bits per heavy atom. The molecule has 0 aromatic carbocycles. The lowest BCUT2D eigenvalue weighted by Crippen LogP contribution is -2.59. The number of allylic oxidation sites excluding steroid dienone is 1. The van der Waals surface area contributed by atoms with Crippen LogP contribution in [0.2, 0.25) is 0 Å². The van der Waals surface area contributed by atoms with Gasteiger partial charge in [0.05, 0.1) is 31.2 Å². The average Bonchev–Trinajstić information content (AvgIpc) is 3.37. The molecule has 7 heteroatoms. The van der Waals surface area contributed by atoms with Crippen LogP contribution < -0.4 is 0 Å². The Morgan fingerprint density at radius 1 is 1.25 bits per heavy atom. The van der Waals surface area contributed by atoms with Crippen LogP contribution >= 0.6 is 0 Å². The fraction of sp³-hybridized carbons (Fsp3) is 0.765. The van der Waals surface area contributed by atoms with Crippen molar-refractivity contribution in [2.24, 2.45) is 17.8 Å². The summed E-state index contributed by atoms with van der Waals surface area (Å²) < 4.78 is 17.7. The zero-order valence-corrected chi connectivity index (χ0v) is 13.5. The third kappa shape index (κ3) is 1.66. The largest absolute Gasteiger partial charge is 0.390 e. The van der Waals surface area contributed by atoms with Gasteiger partial charge in [0.25, 0.3) is 0 Å². The molecule has 0 unspecified atom stereocenters. The maximum atomic E-state index is 12.8. The third-order valence-corrected chi connectivity index (χ3v) is 6.15. The predicted molar refractivity (Wildman–Crippen MR) is 79.5 cm³/mol. The Balaban J connectivity index is 1.59. The smallest absolute Gasteiger partial charge is 0.233 e. The number of carbonyl (C=O) groups is 2. The van der Waals surface area contributed by atoms with E-state index in [2.05, 4.69) is 0 Å². The second-order valence-corrected chi connectivity index (χ2v) is 7.20. The standard InChI is InChI=1S/C17H21NO6/c1-2-18-15(20)8-4-5-9-11(10(8)16(18)21)12(19)13-14(24-13)17(9)22-6-3-7-23-17/h5,8,10-14,19H,2-4,6-7H2,1H3/t8-,10-,11+,12-,13-,14-/m0/s1. The van der Waals surface area contributed by atoms with Crippen molar-refractivity contribution in [3.05, 3.63) is 11.6 Å². The van der Waals surface area contributed by atoms with E-state index >= 15 is 0 Å². The first-order chi connectivity index (χ1) is 11.6. The molecule has 0 bridgehead atoms. The van der Waals surface area contributed by atoms with Crippen LogP contribution in [0, 0.1) is 17.8 Å². The van der Waals surface area contributed by atoms with Gasteiger partial charge >= 0.3 is 0 Å². The zero-order chi connectivity index (χ0) is 16.6. The predicted octanol–water partition coefficient (Wildman–Crippen LogP) is -0.171. The van der Waals surface area contributed by atoms with E-state index in [1.807, 2.05) is 6.08 Å². The number of ether oxygens (including phenoxy) is 3. The Bertz CT molecular complexity index is 639. The molecular formula is C17H21NO6. The highest BCUT2D eigenvalue weighted by Crippen LogP contribution is 2.58. The summed E-state index contributed by atoms with van der Waals surface area (Å²) in [4.78, 5) is 26.7. The fourth-order valence-electron chi connectivity index (χ4n) is 5.07. The molecule has 2 aliphatic carbocycles. The lowest BCUT2D eigenvalue weighted by atomic mass is 9.64. The molecule has 1 N–H and O–H groups in total. The highest BCUT2D eigenvalue weighted by atomic mass is 16.8. The summed E-state index contributed by atoms with van der Waals surface area (Å²) in [6.45, 7) is 3.29. The highest BCUT2D eigenvalue weighted by Gasteiger charge is 2.72. The maximum absolute atomic E-state index is 12.8. The minimum atomic E-state index is -0.985. The molecule has 130 valence electrons. The van der Waals surface area contributed by atoms with Gasteiger partial charge in [-0.3, -0.25) is 14.5 Å². The molecule has 7 nitrogen and oxygen atoms in total. The summed E-state index contributed by atoms with van der Waals surface area (Å²) in [6.07, 6.45) is 1.73. The first-order valence-electron chi connectivity index (χ1n) is 8.77.